The van der Waals surface area contributed by atoms with E-state index in [0.717, 1.165) is 5.56 Å². The van der Waals surface area contributed by atoms with Crippen LogP contribution in [0.3, 0.4) is 0 Å². The second kappa shape index (κ2) is 10.8. The van der Waals surface area contributed by atoms with Gasteiger partial charge in [0.05, 0.1) is 26.2 Å². The largest absolute Gasteiger partial charge is 0.497 e. The Morgan fingerprint density at radius 1 is 1.00 bits per heavy atom. The molecule has 2 aromatic heterocycles. The second-order valence-corrected chi connectivity index (χ2v) is 8.20. The number of carbonyl (C=O) groups is 1. The third-order valence-electron chi connectivity index (χ3n) is 5.61. The number of carbonyl (C=O) groups excluding carboxylic acids is 1. The predicted octanol–water partition coefficient (Wildman–Crippen LogP) is 5.45. The van der Waals surface area contributed by atoms with E-state index in [9.17, 15) is 9.18 Å². The van der Waals surface area contributed by atoms with E-state index in [4.69, 9.17) is 14.0 Å². The minimum atomic E-state index is -0.403. The van der Waals surface area contributed by atoms with Crippen LogP contribution >= 0.6 is 0 Å². The third-order valence-corrected chi connectivity index (χ3v) is 5.61. The number of amides is 2. The summed E-state index contributed by atoms with van der Waals surface area (Å²) in [7, 11) is 3.08. The van der Waals surface area contributed by atoms with Gasteiger partial charge in [-0.05, 0) is 54.1 Å². The number of aromatic nitrogens is 4. The lowest BCUT2D eigenvalue weighted by Crippen LogP contribution is -2.19. The number of nitrogens with zero attached hydrogens (tertiary/aromatic N) is 4. The zero-order valence-electron chi connectivity index (χ0n) is 20.5. The monoisotopic (exact) mass is 514 g/mol. The molecule has 0 aliphatic carbocycles. The van der Waals surface area contributed by atoms with Gasteiger partial charge in [-0.15, -0.1) is 0 Å². The van der Waals surface area contributed by atoms with Crippen LogP contribution in [0.2, 0.25) is 0 Å². The van der Waals surface area contributed by atoms with Gasteiger partial charge >= 0.3 is 6.03 Å². The molecule has 3 aromatic carbocycles. The first-order valence-corrected chi connectivity index (χ1v) is 11.5. The van der Waals surface area contributed by atoms with Crippen molar-refractivity contribution in [1.29, 1.82) is 0 Å². The van der Waals surface area contributed by atoms with E-state index in [1.165, 1.54) is 19.2 Å². The molecule has 0 saturated heterocycles. The van der Waals surface area contributed by atoms with Gasteiger partial charge in [-0.2, -0.15) is 4.98 Å². The van der Waals surface area contributed by atoms with Crippen molar-refractivity contribution in [2.24, 2.45) is 0 Å². The van der Waals surface area contributed by atoms with Gasteiger partial charge in [0.15, 0.2) is 0 Å². The lowest BCUT2D eigenvalue weighted by atomic mass is 10.2. The Balaban J connectivity index is 1.19. The summed E-state index contributed by atoms with van der Waals surface area (Å²) in [5.41, 5.74) is 3.31. The topological polar surface area (TPSA) is 116 Å². The van der Waals surface area contributed by atoms with Crippen molar-refractivity contribution in [3.8, 4) is 34.5 Å². The van der Waals surface area contributed by atoms with Crippen LogP contribution in [0, 0.1) is 5.82 Å². The van der Waals surface area contributed by atoms with Crippen LogP contribution in [0.15, 0.2) is 83.8 Å². The van der Waals surface area contributed by atoms with E-state index < -0.39 is 6.03 Å². The third kappa shape index (κ3) is 5.62. The van der Waals surface area contributed by atoms with Crippen molar-refractivity contribution in [3.63, 3.8) is 0 Å². The summed E-state index contributed by atoms with van der Waals surface area (Å²) in [5, 5.41) is 9.52. The van der Waals surface area contributed by atoms with Gasteiger partial charge in [0.2, 0.25) is 5.82 Å². The number of nitrogens with one attached hydrogen (secondary N) is 2. The average Bonchev–Trinajstić information content (AvgIpc) is 3.60. The number of methoxy groups -OCH3 is 2. The first kappa shape index (κ1) is 24.5. The highest BCUT2D eigenvalue weighted by atomic mass is 19.1. The van der Waals surface area contributed by atoms with Crippen molar-refractivity contribution in [3.05, 3.63) is 90.6 Å². The Labute approximate surface area is 217 Å². The molecule has 0 bridgehead atoms. The molecular weight excluding hydrogens is 491 g/mol. The predicted molar refractivity (Wildman–Crippen MR) is 139 cm³/mol. The summed E-state index contributed by atoms with van der Waals surface area (Å²) in [6, 6.07) is 18.0. The highest BCUT2D eigenvalue weighted by Crippen LogP contribution is 2.29. The number of anilines is 2. The molecule has 2 amide bonds. The summed E-state index contributed by atoms with van der Waals surface area (Å²) in [6.07, 6.45) is 3.46. The number of halogens is 1. The fourth-order valence-electron chi connectivity index (χ4n) is 3.69. The number of hydrogen-bond acceptors (Lipinski definition) is 7. The standard InChI is InChI=1S/C27H23FN6O4/c1-36-21-11-12-22(24(13-21)37-2)31-27(35)30-20-9-3-17(4-10-20)14-34-15-23(29-16-34)26-32-25(33-38-26)18-5-7-19(28)8-6-18/h3-13,15-16H,14H2,1-2H3,(H2,30,31,35). The van der Waals surface area contributed by atoms with Crippen LogP contribution in [0.1, 0.15) is 5.56 Å². The van der Waals surface area contributed by atoms with E-state index in [2.05, 4.69) is 25.8 Å². The van der Waals surface area contributed by atoms with Gasteiger partial charge in [-0.1, -0.05) is 17.3 Å². The van der Waals surface area contributed by atoms with Crippen LogP contribution in [0.25, 0.3) is 23.0 Å². The lowest BCUT2D eigenvalue weighted by Gasteiger charge is -2.12. The average molecular weight is 515 g/mol. The minimum Gasteiger partial charge on any atom is -0.497 e. The Hall–Kier alpha value is -5.19. The molecule has 11 heteroatoms. The fourth-order valence-corrected chi connectivity index (χ4v) is 3.69. The smallest absolute Gasteiger partial charge is 0.323 e. The summed E-state index contributed by atoms with van der Waals surface area (Å²) in [4.78, 5) is 21.2. The molecule has 0 aliphatic heterocycles. The Kier molecular flexibility index (Phi) is 6.98. The van der Waals surface area contributed by atoms with Crippen LogP contribution in [0.5, 0.6) is 11.5 Å². The minimum absolute atomic E-state index is 0.266. The van der Waals surface area contributed by atoms with Gasteiger partial charge in [0, 0.05) is 30.1 Å². The molecule has 192 valence electrons. The number of ether oxygens (including phenoxy) is 2. The van der Waals surface area contributed by atoms with Crippen molar-refractivity contribution in [2.75, 3.05) is 24.9 Å². The van der Waals surface area contributed by atoms with Crippen LogP contribution in [-0.2, 0) is 6.54 Å². The van der Waals surface area contributed by atoms with Crippen molar-refractivity contribution in [1.82, 2.24) is 19.7 Å². The first-order chi connectivity index (χ1) is 18.5. The maximum Gasteiger partial charge on any atom is 0.323 e. The number of rotatable bonds is 8. The molecule has 10 nitrogen and oxygen atoms in total. The molecule has 5 rings (SSSR count). The molecule has 0 atom stereocenters. The maximum atomic E-state index is 13.2. The fraction of sp³-hybridized carbons (Fsp3) is 0.111. The molecule has 38 heavy (non-hydrogen) atoms. The molecule has 0 aliphatic rings. The molecule has 2 heterocycles. The van der Waals surface area contributed by atoms with Crippen molar-refractivity contribution < 1.29 is 23.2 Å². The molecule has 0 radical (unpaired) electrons. The highest BCUT2D eigenvalue weighted by Gasteiger charge is 2.14. The molecule has 2 N–H and O–H groups in total. The van der Waals surface area contributed by atoms with Gasteiger partial charge in [-0.25, -0.2) is 14.2 Å². The van der Waals surface area contributed by atoms with Crippen LogP contribution < -0.4 is 20.1 Å². The maximum absolute atomic E-state index is 13.2. The quantitative estimate of drug-likeness (QED) is 0.283. The summed E-state index contributed by atoms with van der Waals surface area (Å²) in [5.74, 6) is 1.40. The Bertz CT molecular complexity index is 1550. The van der Waals surface area contributed by atoms with Crippen molar-refractivity contribution >= 4 is 17.4 Å². The Morgan fingerprint density at radius 3 is 2.53 bits per heavy atom. The molecule has 0 unspecified atom stereocenters. The van der Waals surface area contributed by atoms with Crippen LogP contribution in [0.4, 0.5) is 20.6 Å². The molecule has 0 fully saturated rings. The van der Waals surface area contributed by atoms with Crippen molar-refractivity contribution in [2.45, 2.75) is 6.54 Å². The van der Waals surface area contributed by atoms with E-state index in [-0.39, 0.29) is 11.7 Å². The van der Waals surface area contributed by atoms with Gasteiger partial charge < -0.3 is 29.2 Å². The molecule has 5 aromatic rings. The lowest BCUT2D eigenvalue weighted by molar-refractivity contribution is 0.262. The first-order valence-electron chi connectivity index (χ1n) is 11.5. The van der Waals surface area contributed by atoms with Crippen LogP contribution in [-0.4, -0.2) is 39.9 Å². The van der Waals surface area contributed by atoms with E-state index in [1.54, 1.807) is 50.0 Å². The molecule has 0 saturated carbocycles. The van der Waals surface area contributed by atoms with Gasteiger partial charge in [-0.3, -0.25) is 0 Å². The molecule has 0 spiro atoms. The summed E-state index contributed by atoms with van der Waals surface area (Å²) >= 11 is 0. The van der Waals surface area contributed by atoms with Gasteiger partial charge in [0.1, 0.15) is 23.0 Å². The zero-order chi connectivity index (χ0) is 26.5. The SMILES string of the molecule is COc1ccc(NC(=O)Nc2ccc(Cn3cnc(-c4nc(-c5ccc(F)cc5)no4)c3)cc2)c(OC)c1. The number of benzene rings is 3. The summed E-state index contributed by atoms with van der Waals surface area (Å²) in [6.45, 7) is 0.543. The zero-order valence-corrected chi connectivity index (χ0v) is 20.5. The second-order valence-electron chi connectivity index (χ2n) is 8.20. The highest BCUT2D eigenvalue weighted by molar-refractivity contribution is 6.00. The van der Waals surface area contributed by atoms with E-state index in [0.29, 0.717) is 46.5 Å². The number of imidazole rings is 1. The normalized spacial score (nSPS) is 10.7. The number of hydrogen-bond donors (Lipinski definition) is 2. The van der Waals surface area contributed by atoms with Gasteiger partial charge in [0.25, 0.3) is 5.89 Å². The number of urea groups is 1. The molecular formula is C27H23FN6O4. The Morgan fingerprint density at radius 2 is 1.79 bits per heavy atom. The summed E-state index contributed by atoms with van der Waals surface area (Å²) < 4.78 is 30.8. The van der Waals surface area contributed by atoms with E-state index >= 15 is 0 Å². The van der Waals surface area contributed by atoms with E-state index in [1.807, 2.05) is 28.8 Å².